The predicted molar refractivity (Wildman–Crippen MR) is 129 cm³/mol. The highest BCUT2D eigenvalue weighted by molar-refractivity contribution is 7.89. The quantitative estimate of drug-likeness (QED) is 0.257. The van der Waals surface area contributed by atoms with Gasteiger partial charge >= 0.3 is 0 Å². The maximum Gasteiger partial charge on any atom is 0.280 e. The normalized spacial score (nSPS) is 12.1. The first-order valence-corrected chi connectivity index (χ1v) is 12.7. The van der Waals surface area contributed by atoms with Gasteiger partial charge in [-0.2, -0.15) is 14.4 Å². The summed E-state index contributed by atoms with van der Waals surface area (Å²) in [5.74, 6) is -0.524. The molecule has 2 aromatic carbocycles. The Bertz CT molecular complexity index is 1430. The third kappa shape index (κ3) is 4.76. The fraction of sp³-hybridized carbons (Fsp3) is 0.174. The summed E-state index contributed by atoms with van der Waals surface area (Å²) in [4.78, 5) is 17.9. The van der Waals surface area contributed by atoms with Gasteiger partial charge in [0.15, 0.2) is 0 Å². The number of nitrogens with zero attached hydrogens (tertiary/aromatic N) is 4. The molecule has 8 nitrogen and oxygen atoms in total. The molecule has 176 valence electrons. The Morgan fingerprint density at radius 2 is 1.88 bits per heavy atom. The second kappa shape index (κ2) is 9.84. The lowest BCUT2D eigenvalue weighted by Gasteiger charge is -2.19. The molecule has 1 amide bonds. The molecule has 2 heterocycles. The van der Waals surface area contributed by atoms with E-state index in [1.807, 2.05) is 0 Å². The van der Waals surface area contributed by atoms with Gasteiger partial charge in [-0.3, -0.25) is 4.79 Å². The smallest absolute Gasteiger partial charge is 0.280 e. The summed E-state index contributed by atoms with van der Waals surface area (Å²) < 4.78 is 46.3. The number of carbonyl (C=O) groups excluding carboxylic acids is 1. The van der Waals surface area contributed by atoms with E-state index in [0.717, 1.165) is 16.3 Å². The van der Waals surface area contributed by atoms with E-state index in [-0.39, 0.29) is 15.6 Å². The number of aromatic nitrogens is 1. The van der Waals surface area contributed by atoms with Crippen LogP contribution in [-0.4, -0.2) is 42.9 Å². The first-order chi connectivity index (χ1) is 16.3. The summed E-state index contributed by atoms with van der Waals surface area (Å²) >= 11 is 1.10. The number of halogens is 1. The largest absolute Gasteiger partial charge is 0.463 e. The lowest BCUT2D eigenvalue weighted by molar-refractivity contribution is 0.0987. The van der Waals surface area contributed by atoms with Crippen molar-refractivity contribution in [3.8, 4) is 0 Å². The first kappa shape index (κ1) is 23.7. The molecule has 4 aromatic rings. The number of sulfonamides is 1. The van der Waals surface area contributed by atoms with Crippen LogP contribution >= 0.6 is 11.3 Å². The van der Waals surface area contributed by atoms with Gasteiger partial charge in [-0.15, -0.1) is 0 Å². The molecule has 0 atom stereocenters. The number of fused-ring (bicyclic) bond motifs is 1. The van der Waals surface area contributed by atoms with E-state index < -0.39 is 21.7 Å². The average molecular weight is 501 g/mol. The van der Waals surface area contributed by atoms with Crippen molar-refractivity contribution < 1.29 is 22.0 Å². The summed E-state index contributed by atoms with van der Waals surface area (Å²) in [5.41, 5.74) is 0.730. The highest BCUT2D eigenvalue weighted by atomic mass is 32.2. The summed E-state index contributed by atoms with van der Waals surface area (Å²) in [6.45, 7) is 4.20. The van der Waals surface area contributed by atoms with Crippen LogP contribution in [0.4, 0.5) is 9.52 Å². The molecule has 0 fully saturated rings. The maximum atomic E-state index is 13.7. The van der Waals surface area contributed by atoms with Crippen LogP contribution in [0.15, 0.2) is 75.3 Å². The molecule has 2 aromatic heterocycles. The lowest BCUT2D eigenvalue weighted by atomic mass is 10.2. The van der Waals surface area contributed by atoms with E-state index in [2.05, 4.69) is 10.1 Å². The Kier molecular flexibility index (Phi) is 6.87. The van der Waals surface area contributed by atoms with Gasteiger partial charge in [0.25, 0.3) is 5.91 Å². The van der Waals surface area contributed by atoms with Gasteiger partial charge < -0.3 is 4.42 Å². The minimum absolute atomic E-state index is 0.0915. The molecule has 34 heavy (non-hydrogen) atoms. The molecule has 4 rings (SSSR count). The summed E-state index contributed by atoms with van der Waals surface area (Å²) in [5, 5.41) is 5.56. The minimum atomic E-state index is -3.66. The number of thiazole rings is 1. The number of benzene rings is 2. The van der Waals surface area contributed by atoms with E-state index >= 15 is 0 Å². The van der Waals surface area contributed by atoms with Crippen LogP contribution in [-0.2, 0) is 10.0 Å². The molecule has 0 unspecified atom stereocenters. The van der Waals surface area contributed by atoms with E-state index in [1.165, 1.54) is 59.2 Å². The molecular weight excluding hydrogens is 479 g/mol. The van der Waals surface area contributed by atoms with Gasteiger partial charge in [0.1, 0.15) is 11.6 Å². The molecule has 0 N–H and O–H groups in total. The zero-order chi connectivity index (χ0) is 24.3. The number of carbonyl (C=O) groups is 1. The van der Waals surface area contributed by atoms with Crippen LogP contribution < -0.4 is 5.01 Å². The van der Waals surface area contributed by atoms with Gasteiger partial charge in [-0.25, -0.2) is 17.8 Å². The topological polar surface area (TPSA) is 96.1 Å². The van der Waals surface area contributed by atoms with Crippen LogP contribution in [0.1, 0.15) is 30.0 Å². The van der Waals surface area contributed by atoms with Crippen molar-refractivity contribution >= 4 is 48.8 Å². The Balaban J connectivity index is 1.70. The van der Waals surface area contributed by atoms with E-state index in [0.29, 0.717) is 29.1 Å². The molecule has 0 aliphatic rings. The maximum absolute atomic E-state index is 13.7. The average Bonchev–Trinajstić information content (AvgIpc) is 3.49. The predicted octanol–water partition coefficient (Wildman–Crippen LogP) is 4.74. The van der Waals surface area contributed by atoms with Crippen molar-refractivity contribution in [3.05, 3.63) is 78.0 Å². The molecular formula is C23H21FN4O4S2. The number of hydrogen-bond donors (Lipinski definition) is 0. The fourth-order valence-corrected chi connectivity index (χ4v) is 5.65. The van der Waals surface area contributed by atoms with E-state index in [1.54, 1.807) is 26.0 Å². The van der Waals surface area contributed by atoms with E-state index in [9.17, 15) is 17.6 Å². The standard InChI is InChI=1S/C23H21FN4O4S2/c1-3-27(4-2)34(30,31)19-10-7-16(8-11-19)22(29)28(25-15-18-6-5-13-32-18)23-26-20-12-9-17(24)14-21(20)33-23/h5-15H,3-4H2,1-2H3/b25-15+. The van der Waals surface area contributed by atoms with Crippen molar-refractivity contribution in [1.29, 1.82) is 0 Å². The number of furan rings is 1. The van der Waals surface area contributed by atoms with Gasteiger partial charge in [0.2, 0.25) is 15.2 Å². The molecule has 0 aliphatic heterocycles. The van der Waals surface area contributed by atoms with Crippen LogP contribution in [0.3, 0.4) is 0 Å². The monoisotopic (exact) mass is 500 g/mol. The second-order valence-corrected chi connectivity index (χ2v) is 10.0. The van der Waals surface area contributed by atoms with Crippen molar-refractivity contribution in [2.75, 3.05) is 18.1 Å². The molecule has 11 heteroatoms. The van der Waals surface area contributed by atoms with Crippen molar-refractivity contribution in [1.82, 2.24) is 9.29 Å². The summed E-state index contributed by atoms with van der Waals surface area (Å²) in [6.07, 6.45) is 2.84. The van der Waals surface area contributed by atoms with E-state index in [4.69, 9.17) is 4.42 Å². The fourth-order valence-electron chi connectivity index (χ4n) is 3.25. The Hall–Kier alpha value is -3.41. The number of hydrazone groups is 1. The van der Waals surface area contributed by atoms with Crippen LogP contribution in [0.2, 0.25) is 0 Å². The van der Waals surface area contributed by atoms with Crippen LogP contribution in [0, 0.1) is 5.82 Å². The Morgan fingerprint density at radius 1 is 1.15 bits per heavy atom. The third-order valence-electron chi connectivity index (χ3n) is 5.00. The van der Waals surface area contributed by atoms with Crippen molar-refractivity contribution in [2.24, 2.45) is 5.10 Å². The molecule has 0 saturated carbocycles. The molecule has 0 saturated heterocycles. The Labute approximate surface area is 200 Å². The molecule has 0 radical (unpaired) electrons. The second-order valence-electron chi connectivity index (χ2n) is 7.10. The Morgan fingerprint density at radius 3 is 2.53 bits per heavy atom. The van der Waals surface area contributed by atoms with Gasteiger partial charge in [-0.05, 0) is 54.6 Å². The third-order valence-corrected chi connectivity index (χ3v) is 8.06. The number of rotatable bonds is 8. The molecule has 0 bridgehead atoms. The van der Waals surface area contributed by atoms with Crippen LogP contribution in [0.25, 0.3) is 10.2 Å². The number of anilines is 1. The lowest BCUT2D eigenvalue weighted by Crippen LogP contribution is -2.30. The summed E-state index contributed by atoms with van der Waals surface area (Å²) in [6, 6.07) is 13.2. The zero-order valence-corrected chi connectivity index (χ0v) is 20.0. The zero-order valence-electron chi connectivity index (χ0n) is 18.4. The number of hydrogen-bond acceptors (Lipinski definition) is 7. The number of amides is 1. The first-order valence-electron chi connectivity index (χ1n) is 10.4. The SMILES string of the molecule is CCN(CC)S(=O)(=O)c1ccc(C(=O)N(/N=C/c2ccco2)c2nc3ccc(F)cc3s2)cc1. The van der Waals surface area contributed by atoms with Gasteiger partial charge in [-0.1, -0.05) is 25.2 Å². The molecule has 0 spiro atoms. The highest BCUT2D eigenvalue weighted by Crippen LogP contribution is 2.31. The van der Waals surface area contributed by atoms with Gasteiger partial charge in [0, 0.05) is 18.7 Å². The molecule has 0 aliphatic carbocycles. The highest BCUT2D eigenvalue weighted by Gasteiger charge is 2.24. The van der Waals surface area contributed by atoms with Crippen molar-refractivity contribution in [3.63, 3.8) is 0 Å². The minimum Gasteiger partial charge on any atom is -0.463 e. The summed E-state index contributed by atoms with van der Waals surface area (Å²) in [7, 11) is -3.66. The van der Waals surface area contributed by atoms with Crippen LogP contribution in [0.5, 0.6) is 0 Å². The van der Waals surface area contributed by atoms with Crippen molar-refractivity contribution in [2.45, 2.75) is 18.7 Å². The van der Waals surface area contributed by atoms with Gasteiger partial charge in [0.05, 0.1) is 27.6 Å².